The van der Waals surface area contributed by atoms with Crippen molar-refractivity contribution in [3.05, 3.63) is 59.8 Å². The lowest BCUT2D eigenvalue weighted by Gasteiger charge is -2.11. The average molecular weight is 374 g/mol. The maximum absolute atomic E-state index is 13.3. The predicted octanol–water partition coefficient (Wildman–Crippen LogP) is 3.57. The Morgan fingerprint density at radius 2 is 1.63 bits per heavy atom. The van der Waals surface area contributed by atoms with Crippen molar-refractivity contribution in [2.75, 3.05) is 19.5 Å². The number of aromatic nitrogens is 3. The minimum Gasteiger partial charge on any atom is -0.481 e. The lowest BCUT2D eigenvalue weighted by atomic mass is 10.2. The zero-order chi connectivity index (χ0) is 19.2. The van der Waals surface area contributed by atoms with Gasteiger partial charge in [0.05, 0.1) is 20.3 Å². The van der Waals surface area contributed by atoms with Crippen LogP contribution in [0.3, 0.4) is 0 Å². The van der Waals surface area contributed by atoms with Crippen LogP contribution in [0.4, 0.5) is 14.5 Å². The Morgan fingerprint density at radius 3 is 2.26 bits per heavy atom. The second kappa shape index (κ2) is 8.26. The average Bonchev–Trinajstić information content (AvgIpc) is 2.66. The van der Waals surface area contributed by atoms with E-state index in [4.69, 9.17) is 14.2 Å². The first kappa shape index (κ1) is 18.3. The van der Waals surface area contributed by atoms with Crippen molar-refractivity contribution in [3.8, 4) is 23.7 Å². The summed E-state index contributed by atoms with van der Waals surface area (Å²) in [5.41, 5.74) is 0.925. The summed E-state index contributed by atoms with van der Waals surface area (Å²) in [6.45, 7) is 0.215. The van der Waals surface area contributed by atoms with E-state index in [9.17, 15) is 8.78 Å². The summed E-state index contributed by atoms with van der Waals surface area (Å²) in [6.07, 6.45) is 1.54. The molecule has 0 radical (unpaired) electrons. The molecule has 2 aromatic heterocycles. The molecule has 1 N–H and O–H groups in total. The molecule has 2 heterocycles. The van der Waals surface area contributed by atoms with Crippen molar-refractivity contribution < 1.29 is 23.0 Å². The smallest absolute Gasteiger partial charge is 0.330 e. The minimum atomic E-state index is -0.669. The number of benzene rings is 1. The molecule has 0 amide bonds. The van der Waals surface area contributed by atoms with Gasteiger partial charge in [-0.05, 0) is 18.2 Å². The molecule has 9 heteroatoms. The largest absolute Gasteiger partial charge is 0.481 e. The molecule has 3 rings (SSSR count). The van der Waals surface area contributed by atoms with Gasteiger partial charge in [0.1, 0.15) is 11.6 Å². The summed E-state index contributed by atoms with van der Waals surface area (Å²) in [7, 11) is 2.92. The van der Waals surface area contributed by atoms with Gasteiger partial charge in [-0.1, -0.05) is 6.07 Å². The molecule has 7 nitrogen and oxygen atoms in total. The van der Waals surface area contributed by atoms with Crippen LogP contribution in [0.15, 0.2) is 42.6 Å². The molecule has 0 spiro atoms. The third-order valence-electron chi connectivity index (χ3n) is 3.46. The van der Waals surface area contributed by atoms with Crippen LogP contribution in [0.5, 0.6) is 23.7 Å². The summed E-state index contributed by atoms with van der Waals surface area (Å²) in [4.78, 5) is 12.3. The molecule has 0 atom stereocenters. The molecule has 0 aliphatic rings. The van der Waals surface area contributed by atoms with Gasteiger partial charge in [0, 0.05) is 30.1 Å². The zero-order valence-corrected chi connectivity index (χ0v) is 14.6. The Labute approximate surface area is 154 Å². The van der Waals surface area contributed by atoms with E-state index in [2.05, 4.69) is 20.3 Å². The molecule has 140 valence electrons. The molecule has 0 saturated carbocycles. The predicted molar refractivity (Wildman–Crippen MR) is 93.1 cm³/mol. The van der Waals surface area contributed by atoms with E-state index in [1.165, 1.54) is 38.6 Å². The van der Waals surface area contributed by atoms with Crippen molar-refractivity contribution in [1.29, 1.82) is 0 Å². The van der Waals surface area contributed by atoms with Crippen LogP contribution in [0, 0.1) is 11.6 Å². The number of pyridine rings is 1. The number of hydrogen-bond acceptors (Lipinski definition) is 7. The van der Waals surface area contributed by atoms with Crippen LogP contribution in [-0.2, 0) is 6.54 Å². The highest BCUT2D eigenvalue weighted by Gasteiger charge is 2.12. The zero-order valence-electron chi connectivity index (χ0n) is 14.6. The fourth-order valence-electron chi connectivity index (χ4n) is 2.23. The first-order valence-electron chi connectivity index (χ1n) is 7.86. The molecule has 0 saturated heterocycles. The normalized spacial score (nSPS) is 10.4. The molecule has 0 aliphatic carbocycles. The Kier molecular flexibility index (Phi) is 5.60. The number of anilines is 1. The van der Waals surface area contributed by atoms with Crippen LogP contribution < -0.4 is 19.5 Å². The highest BCUT2D eigenvalue weighted by atomic mass is 19.1. The highest BCUT2D eigenvalue weighted by Crippen LogP contribution is 2.25. The van der Waals surface area contributed by atoms with Crippen LogP contribution >= 0.6 is 0 Å². The molecule has 0 unspecified atom stereocenters. The summed E-state index contributed by atoms with van der Waals surface area (Å²) in [5.74, 6) is -0.573. The number of rotatable bonds is 7. The quantitative estimate of drug-likeness (QED) is 0.677. The Morgan fingerprint density at radius 1 is 0.963 bits per heavy atom. The van der Waals surface area contributed by atoms with Gasteiger partial charge in [0.25, 0.3) is 0 Å². The van der Waals surface area contributed by atoms with Crippen molar-refractivity contribution in [3.63, 3.8) is 0 Å². The van der Waals surface area contributed by atoms with Crippen LogP contribution in [-0.4, -0.2) is 29.2 Å². The third-order valence-corrected chi connectivity index (χ3v) is 3.46. The number of hydrogen-bond donors (Lipinski definition) is 1. The minimum absolute atomic E-state index is 0.0112. The van der Waals surface area contributed by atoms with Crippen molar-refractivity contribution in [2.45, 2.75) is 6.54 Å². The Bertz CT molecular complexity index is 898. The van der Waals surface area contributed by atoms with Gasteiger partial charge >= 0.3 is 6.01 Å². The van der Waals surface area contributed by atoms with Gasteiger partial charge in [-0.2, -0.15) is 9.97 Å². The number of nitrogens with one attached hydrogen (secondary N) is 1. The monoisotopic (exact) mass is 374 g/mol. The van der Waals surface area contributed by atoms with E-state index in [1.807, 2.05) is 0 Å². The third kappa shape index (κ3) is 4.78. The molecule has 0 fully saturated rings. The van der Waals surface area contributed by atoms with E-state index < -0.39 is 11.6 Å². The summed E-state index contributed by atoms with van der Waals surface area (Å²) in [6, 6.07) is 8.14. The van der Waals surface area contributed by atoms with Gasteiger partial charge in [-0.3, -0.25) is 0 Å². The number of nitrogens with zero attached hydrogens (tertiary/aromatic N) is 3. The Balaban J connectivity index is 1.80. The molecule has 27 heavy (non-hydrogen) atoms. The summed E-state index contributed by atoms with van der Waals surface area (Å²) >= 11 is 0. The van der Waals surface area contributed by atoms with Crippen molar-refractivity contribution >= 4 is 5.69 Å². The summed E-state index contributed by atoms with van der Waals surface area (Å²) < 4.78 is 42.4. The van der Waals surface area contributed by atoms with Gasteiger partial charge in [0.15, 0.2) is 0 Å². The van der Waals surface area contributed by atoms with E-state index in [-0.39, 0.29) is 30.2 Å². The maximum Gasteiger partial charge on any atom is 0.330 e. The second-order valence-corrected chi connectivity index (χ2v) is 5.32. The SMILES string of the molecule is COc1cc(OC)nc(Oc2ncccc2CNc2cc(F)cc(F)c2)n1. The molecule has 3 aromatic rings. The van der Waals surface area contributed by atoms with Gasteiger partial charge in [0.2, 0.25) is 17.6 Å². The number of methoxy groups -OCH3 is 2. The number of halogens is 2. The number of ether oxygens (including phenoxy) is 3. The second-order valence-electron chi connectivity index (χ2n) is 5.32. The molecule has 0 aliphatic heterocycles. The topological polar surface area (TPSA) is 78.4 Å². The summed E-state index contributed by atoms with van der Waals surface area (Å²) in [5, 5.41) is 2.92. The highest BCUT2D eigenvalue weighted by molar-refractivity contribution is 5.45. The Hall–Kier alpha value is -3.49. The van der Waals surface area contributed by atoms with E-state index >= 15 is 0 Å². The lowest BCUT2D eigenvalue weighted by molar-refractivity contribution is 0.344. The molecule has 0 bridgehead atoms. The standard InChI is InChI=1S/C18H16F2N4O3/c1-25-15-9-16(26-2)24-18(23-15)27-17-11(4-3-5-21-17)10-22-14-7-12(19)6-13(20)8-14/h3-9,22H,10H2,1-2H3. The molecule has 1 aromatic carbocycles. The van der Waals surface area contributed by atoms with Crippen LogP contribution in [0.25, 0.3) is 0 Å². The van der Waals surface area contributed by atoms with Crippen LogP contribution in [0.1, 0.15) is 5.56 Å². The van der Waals surface area contributed by atoms with Gasteiger partial charge in [-0.15, -0.1) is 0 Å². The van der Waals surface area contributed by atoms with E-state index in [1.54, 1.807) is 12.1 Å². The van der Waals surface area contributed by atoms with Crippen LogP contribution in [0.2, 0.25) is 0 Å². The first-order valence-corrected chi connectivity index (χ1v) is 7.86. The first-order chi connectivity index (χ1) is 13.1. The maximum atomic E-state index is 13.3. The van der Waals surface area contributed by atoms with E-state index in [0.29, 0.717) is 11.3 Å². The fourth-order valence-corrected chi connectivity index (χ4v) is 2.23. The van der Waals surface area contributed by atoms with E-state index in [0.717, 1.165) is 6.07 Å². The van der Waals surface area contributed by atoms with Gasteiger partial charge in [-0.25, -0.2) is 13.8 Å². The van der Waals surface area contributed by atoms with Crippen molar-refractivity contribution in [2.24, 2.45) is 0 Å². The van der Waals surface area contributed by atoms with Crippen molar-refractivity contribution in [1.82, 2.24) is 15.0 Å². The fraction of sp³-hybridized carbons (Fsp3) is 0.167. The van der Waals surface area contributed by atoms with Gasteiger partial charge < -0.3 is 19.5 Å². The molecular weight excluding hydrogens is 358 g/mol. The molecular formula is C18H16F2N4O3. The lowest BCUT2D eigenvalue weighted by Crippen LogP contribution is -2.05.